The van der Waals surface area contributed by atoms with Gasteiger partial charge in [-0.3, -0.25) is 0 Å². The molecule has 17 heteroatoms. The number of rotatable bonds is 8. The van der Waals surface area contributed by atoms with Crippen LogP contribution in [0, 0.1) is 0 Å². The third-order valence-electron chi connectivity index (χ3n) is 2.79. The molecule has 0 bridgehead atoms. The van der Waals surface area contributed by atoms with E-state index in [4.69, 9.17) is 0 Å². The Hall–Kier alpha value is -0.873. The van der Waals surface area contributed by atoms with Crippen LogP contribution in [0.2, 0.25) is 6.55 Å². The average molecular weight is 442 g/mol. The van der Waals surface area contributed by atoms with Gasteiger partial charge in [0.1, 0.15) is 6.61 Å². The molecule has 0 saturated heterocycles. The summed E-state index contributed by atoms with van der Waals surface area (Å²) in [6, 6.07) is 0. The van der Waals surface area contributed by atoms with Crippen molar-refractivity contribution < 1.29 is 70.3 Å². The monoisotopic (exact) mass is 442 g/mol. The summed E-state index contributed by atoms with van der Waals surface area (Å²) in [5.41, 5.74) is 0. The van der Waals surface area contributed by atoms with Crippen molar-refractivity contribution in [1.82, 2.24) is 0 Å². The van der Waals surface area contributed by atoms with Gasteiger partial charge in [-0.25, -0.2) is 0 Å². The van der Waals surface area contributed by atoms with E-state index in [1.165, 1.54) is 0 Å². The molecular formula is C9H5F15OSi. The van der Waals surface area contributed by atoms with Crippen molar-refractivity contribution in [2.45, 2.75) is 48.3 Å². The minimum Gasteiger partial charge on any atom is -0.411 e. The van der Waals surface area contributed by atoms with Gasteiger partial charge < -0.3 is 4.43 Å². The van der Waals surface area contributed by atoms with Gasteiger partial charge in [0.2, 0.25) is 9.76 Å². The second kappa shape index (κ2) is 6.63. The Kier molecular flexibility index (Phi) is 6.40. The van der Waals surface area contributed by atoms with Crippen molar-refractivity contribution in [3.63, 3.8) is 0 Å². The summed E-state index contributed by atoms with van der Waals surface area (Å²) in [5, 5.41) is 0. The molecule has 0 aromatic rings. The van der Waals surface area contributed by atoms with Crippen LogP contribution in [0.3, 0.4) is 0 Å². The third-order valence-corrected chi connectivity index (χ3v) is 3.22. The van der Waals surface area contributed by atoms with Crippen LogP contribution in [0.4, 0.5) is 65.9 Å². The fourth-order valence-corrected chi connectivity index (χ4v) is 1.58. The zero-order valence-electron chi connectivity index (χ0n) is 11.8. The molecule has 0 aliphatic rings. The van der Waals surface area contributed by atoms with Gasteiger partial charge in [0.05, 0.1) is 0 Å². The summed E-state index contributed by atoms with van der Waals surface area (Å²) in [6.07, 6.45) is -7.60. The van der Waals surface area contributed by atoms with Gasteiger partial charge in [-0.1, -0.05) is 0 Å². The van der Waals surface area contributed by atoms with E-state index in [0.29, 0.717) is 0 Å². The zero-order chi connectivity index (χ0) is 21.6. The van der Waals surface area contributed by atoms with E-state index in [2.05, 4.69) is 4.43 Å². The Bertz CT molecular complexity index is 496. The van der Waals surface area contributed by atoms with E-state index in [1.807, 2.05) is 0 Å². The van der Waals surface area contributed by atoms with E-state index >= 15 is 0 Å². The highest BCUT2D eigenvalue weighted by Gasteiger charge is 2.93. The fourth-order valence-electron chi connectivity index (χ4n) is 1.25. The van der Waals surface area contributed by atoms with E-state index in [1.54, 1.807) is 0 Å². The number of hydrogen-bond donors (Lipinski definition) is 0. The predicted octanol–water partition coefficient (Wildman–Crippen LogP) is 5.04. The second-order valence-corrected chi connectivity index (χ2v) is 5.26. The molecule has 156 valence electrons. The van der Waals surface area contributed by atoms with Crippen LogP contribution < -0.4 is 0 Å². The molecule has 0 aliphatic carbocycles. The first kappa shape index (κ1) is 25.1. The maximum Gasteiger partial charge on any atom is 0.460 e. The lowest BCUT2D eigenvalue weighted by molar-refractivity contribution is -0.453. The molecule has 2 radical (unpaired) electrons. The van der Waals surface area contributed by atoms with Crippen LogP contribution in [0.1, 0.15) is 0 Å². The Labute approximate surface area is 136 Å². The smallest absolute Gasteiger partial charge is 0.411 e. The number of halogens is 15. The van der Waals surface area contributed by atoms with Crippen LogP contribution >= 0.6 is 0 Å². The molecule has 0 heterocycles. The summed E-state index contributed by atoms with van der Waals surface area (Å²) in [6.45, 7) is -1.87. The van der Waals surface area contributed by atoms with Crippen LogP contribution in [-0.4, -0.2) is 58.1 Å². The summed E-state index contributed by atoms with van der Waals surface area (Å²) in [5.74, 6) is -46.3. The van der Waals surface area contributed by atoms with Crippen molar-refractivity contribution in [3.05, 3.63) is 0 Å². The maximum absolute atomic E-state index is 13.1. The highest BCUT2D eigenvalue weighted by molar-refractivity contribution is 6.24. The van der Waals surface area contributed by atoms with Crippen LogP contribution in [-0.2, 0) is 4.43 Å². The quantitative estimate of drug-likeness (QED) is 0.378. The summed E-state index contributed by atoms with van der Waals surface area (Å²) < 4.78 is 194. The molecular weight excluding hydrogens is 437 g/mol. The average Bonchev–Trinajstić information content (AvgIpc) is 2.42. The van der Waals surface area contributed by atoms with Crippen molar-refractivity contribution in [2.75, 3.05) is 6.61 Å². The van der Waals surface area contributed by atoms with E-state index in [-0.39, 0.29) is 0 Å². The lowest BCUT2D eigenvalue weighted by Gasteiger charge is -2.41. The standard InChI is InChI=1S/C9H5F15OSi/c1-26-25-2-3(10,11)4(12,13)5(14,15)6(16,17)7(18,19)8(20,21)9(22,23)24/h2H2,1H3. The fraction of sp³-hybridized carbons (Fsp3) is 1.00. The highest BCUT2D eigenvalue weighted by atomic mass is 28.2. The first-order valence-corrected chi connectivity index (χ1v) is 7.09. The summed E-state index contributed by atoms with van der Waals surface area (Å²) >= 11 is 0. The molecule has 0 spiro atoms. The summed E-state index contributed by atoms with van der Waals surface area (Å²) in [7, 11) is -1.11. The molecule has 0 fully saturated rings. The van der Waals surface area contributed by atoms with Crippen molar-refractivity contribution in [2.24, 2.45) is 0 Å². The minimum absolute atomic E-state index is 0.860. The van der Waals surface area contributed by atoms with Gasteiger partial charge in [-0.05, 0) is 6.55 Å². The van der Waals surface area contributed by atoms with Gasteiger partial charge >= 0.3 is 41.7 Å². The van der Waals surface area contributed by atoms with Crippen molar-refractivity contribution in [3.8, 4) is 0 Å². The van der Waals surface area contributed by atoms with Crippen LogP contribution in [0.15, 0.2) is 0 Å². The topological polar surface area (TPSA) is 9.23 Å². The second-order valence-electron chi connectivity index (χ2n) is 4.57. The molecule has 0 aliphatic heterocycles. The normalized spacial score (nSPS) is 16.2. The highest BCUT2D eigenvalue weighted by Crippen LogP contribution is 2.62. The molecule has 0 saturated carbocycles. The summed E-state index contributed by atoms with van der Waals surface area (Å²) in [4.78, 5) is 0. The lowest BCUT2D eigenvalue weighted by Crippen LogP contribution is -2.73. The zero-order valence-corrected chi connectivity index (χ0v) is 12.8. The molecule has 0 amide bonds. The number of alkyl halides is 15. The molecule has 26 heavy (non-hydrogen) atoms. The van der Waals surface area contributed by atoms with Gasteiger partial charge in [-0.2, -0.15) is 65.9 Å². The Morgan fingerprint density at radius 1 is 0.538 bits per heavy atom. The van der Waals surface area contributed by atoms with Gasteiger partial charge in [0.15, 0.2) is 0 Å². The first-order chi connectivity index (χ1) is 11.1. The van der Waals surface area contributed by atoms with E-state index in [9.17, 15) is 65.9 Å². The SMILES string of the molecule is C[Si]OCC(F)(F)C(F)(F)C(F)(F)C(F)(F)C(F)(F)C(F)(F)C(F)(F)F. The minimum atomic E-state index is -8.25. The van der Waals surface area contributed by atoms with Crippen molar-refractivity contribution >= 4 is 9.76 Å². The van der Waals surface area contributed by atoms with Crippen LogP contribution in [0.25, 0.3) is 0 Å². The molecule has 0 rings (SSSR count). The molecule has 0 aromatic heterocycles. The molecule has 0 atom stereocenters. The molecule has 0 aromatic carbocycles. The number of hydrogen-bond acceptors (Lipinski definition) is 1. The van der Waals surface area contributed by atoms with Crippen LogP contribution in [0.5, 0.6) is 0 Å². The predicted molar refractivity (Wildman–Crippen MR) is 53.3 cm³/mol. The molecule has 0 N–H and O–H groups in total. The Morgan fingerprint density at radius 2 is 0.846 bits per heavy atom. The van der Waals surface area contributed by atoms with Gasteiger partial charge in [0.25, 0.3) is 0 Å². The Balaban J connectivity index is 6.33. The lowest BCUT2D eigenvalue weighted by atomic mass is 9.91. The van der Waals surface area contributed by atoms with E-state index in [0.717, 1.165) is 6.55 Å². The van der Waals surface area contributed by atoms with E-state index < -0.39 is 58.1 Å². The molecule has 1 nitrogen and oxygen atoms in total. The van der Waals surface area contributed by atoms with Crippen molar-refractivity contribution in [1.29, 1.82) is 0 Å². The molecule has 0 unspecified atom stereocenters. The maximum atomic E-state index is 13.1. The Morgan fingerprint density at radius 3 is 1.15 bits per heavy atom. The van der Waals surface area contributed by atoms with Gasteiger partial charge in [-0.15, -0.1) is 0 Å². The third kappa shape index (κ3) is 3.35. The largest absolute Gasteiger partial charge is 0.460 e. The first-order valence-electron chi connectivity index (χ1n) is 5.68. The van der Waals surface area contributed by atoms with Gasteiger partial charge in [0, 0.05) is 0 Å².